The molecule has 18 heavy (non-hydrogen) atoms. The minimum absolute atomic E-state index is 0.00869. The molecule has 1 atom stereocenters. The predicted octanol–water partition coefficient (Wildman–Crippen LogP) is 1.24. The number of nitrogens with one attached hydrogen (secondary N) is 1. The van der Waals surface area contributed by atoms with Gasteiger partial charge < -0.3 is 5.32 Å². The van der Waals surface area contributed by atoms with Crippen molar-refractivity contribution in [2.24, 2.45) is 7.05 Å². The average Bonchev–Trinajstić information content (AvgIpc) is 2.56. The summed E-state index contributed by atoms with van der Waals surface area (Å²) in [4.78, 5) is 10.7. The second kappa shape index (κ2) is 5.94. The molecule has 1 heterocycles. The van der Waals surface area contributed by atoms with Crippen molar-refractivity contribution in [2.75, 3.05) is 23.9 Å². The maximum atomic E-state index is 11.1. The molecule has 0 aliphatic heterocycles. The molecule has 0 aliphatic carbocycles. The average molecular weight is 274 g/mol. The van der Waals surface area contributed by atoms with E-state index in [2.05, 4.69) is 10.4 Å². The van der Waals surface area contributed by atoms with Gasteiger partial charge in [0.1, 0.15) is 5.69 Å². The Bertz CT molecular complexity index is 470. The molecule has 7 nitrogen and oxygen atoms in total. The molecule has 0 fully saturated rings. The molecular weight excluding hydrogens is 256 g/mol. The number of hydrogen-bond acceptors (Lipinski definition) is 5. The normalized spacial score (nSPS) is 12.7. The fourth-order valence-corrected chi connectivity index (χ4v) is 2.00. The first-order valence-electron chi connectivity index (χ1n) is 5.59. The van der Waals surface area contributed by atoms with E-state index in [1.165, 1.54) is 4.68 Å². The van der Waals surface area contributed by atoms with Crippen LogP contribution in [0.2, 0.25) is 0 Å². The third kappa shape index (κ3) is 3.28. The van der Waals surface area contributed by atoms with E-state index in [4.69, 9.17) is 0 Å². The van der Waals surface area contributed by atoms with Crippen molar-refractivity contribution < 1.29 is 9.13 Å². The van der Waals surface area contributed by atoms with Crippen LogP contribution in [-0.4, -0.2) is 37.5 Å². The summed E-state index contributed by atoms with van der Waals surface area (Å²) < 4.78 is 12.4. The highest BCUT2D eigenvalue weighted by atomic mass is 32.2. The number of aromatic nitrogens is 2. The summed E-state index contributed by atoms with van der Waals surface area (Å²) in [5, 5.41) is 18.2. The molecule has 102 valence electrons. The van der Waals surface area contributed by atoms with Crippen LogP contribution in [0.5, 0.6) is 0 Å². The number of nitrogens with zero attached hydrogens (tertiary/aromatic N) is 3. The molecule has 1 N–H and O–H groups in total. The molecule has 1 rings (SSSR count). The van der Waals surface area contributed by atoms with Gasteiger partial charge in [-0.2, -0.15) is 5.10 Å². The number of hydrogen-bond donors (Lipinski definition) is 1. The minimum Gasteiger partial charge on any atom is -0.364 e. The third-order valence-corrected chi connectivity index (χ3v) is 3.24. The molecule has 1 unspecified atom stereocenters. The van der Waals surface area contributed by atoms with E-state index < -0.39 is 15.7 Å². The zero-order chi connectivity index (χ0) is 13.9. The lowest BCUT2D eigenvalue weighted by molar-refractivity contribution is -0.384. The molecule has 1 aromatic rings. The molecule has 1 aromatic heterocycles. The van der Waals surface area contributed by atoms with Gasteiger partial charge in [0.15, 0.2) is 0 Å². The predicted molar refractivity (Wildman–Crippen MR) is 71.4 cm³/mol. The summed E-state index contributed by atoms with van der Waals surface area (Å²) in [6.07, 6.45) is 1.60. The van der Waals surface area contributed by atoms with Crippen LogP contribution in [0.25, 0.3) is 0 Å². The van der Waals surface area contributed by atoms with E-state index in [-0.39, 0.29) is 11.6 Å². The quantitative estimate of drug-likeness (QED) is 0.622. The van der Waals surface area contributed by atoms with Gasteiger partial charge in [0.25, 0.3) is 0 Å². The fraction of sp³-hybridized carbons (Fsp3) is 0.700. The molecule has 0 saturated heterocycles. The maximum absolute atomic E-state index is 11.1. The lowest BCUT2D eigenvalue weighted by Gasteiger charge is -2.04. The highest BCUT2D eigenvalue weighted by molar-refractivity contribution is 7.84. The van der Waals surface area contributed by atoms with E-state index >= 15 is 0 Å². The lowest BCUT2D eigenvalue weighted by atomic mass is 10.1. The largest absolute Gasteiger partial charge is 0.364 e. The SMILES string of the molecule is CC(C)c1nn(C)c(NCCS(C)=O)c1[N+](=O)[O-]. The summed E-state index contributed by atoms with van der Waals surface area (Å²) in [7, 11) is 0.730. The van der Waals surface area contributed by atoms with Crippen molar-refractivity contribution in [3.05, 3.63) is 15.8 Å². The van der Waals surface area contributed by atoms with Crippen molar-refractivity contribution in [3.63, 3.8) is 0 Å². The van der Waals surface area contributed by atoms with Gasteiger partial charge in [0.05, 0.1) is 4.92 Å². The number of aryl methyl sites for hydroxylation is 1. The van der Waals surface area contributed by atoms with E-state index in [1.54, 1.807) is 13.3 Å². The van der Waals surface area contributed by atoms with Crippen LogP contribution in [0.3, 0.4) is 0 Å². The summed E-state index contributed by atoms with van der Waals surface area (Å²) in [6.45, 7) is 4.14. The molecular formula is C10H18N4O3S. The summed E-state index contributed by atoms with van der Waals surface area (Å²) in [5.74, 6) is 0.793. The van der Waals surface area contributed by atoms with Crippen LogP contribution in [0.4, 0.5) is 11.5 Å². The van der Waals surface area contributed by atoms with E-state index in [0.29, 0.717) is 23.8 Å². The first-order chi connectivity index (χ1) is 8.34. The molecule has 0 spiro atoms. The van der Waals surface area contributed by atoms with Crippen molar-refractivity contribution in [1.82, 2.24) is 9.78 Å². The van der Waals surface area contributed by atoms with Crippen molar-refractivity contribution >= 4 is 22.3 Å². The van der Waals surface area contributed by atoms with Crippen LogP contribution in [0, 0.1) is 10.1 Å². The summed E-state index contributed by atoms with van der Waals surface area (Å²) in [5.41, 5.74) is 0.469. The highest BCUT2D eigenvalue weighted by Crippen LogP contribution is 2.32. The van der Waals surface area contributed by atoms with Crippen LogP contribution in [0.1, 0.15) is 25.5 Å². The van der Waals surface area contributed by atoms with Crippen LogP contribution in [0.15, 0.2) is 0 Å². The standard InChI is InChI=1S/C10H18N4O3S/c1-7(2)8-9(14(15)16)10(13(3)12-8)11-5-6-18(4)17/h7,11H,5-6H2,1-4H3. The van der Waals surface area contributed by atoms with Crippen LogP contribution in [-0.2, 0) is 17.8 Å². The molecule has 0 amide bonds. The lowest BCUT2D eigenvalue weighted by Crippen LogP contribution is -2.13. The van der Waals surface area contributed by atoms with E-state index in [9.17, 15) is 14.3 Å². The first kappa shape index (κ1) is 14.6. The Labute approximate surface area is 108 Å². The van der Waals surface area contributed by atoms with Crippen molar-refractivity contribution in [2.45, 2.75) is 19.8 Å². The van der Waals surface area contributed by atoms with E-state index in [0.717, 1.165) is 0 Å². The topological polar surface area (TPSA) is 90.1 Å². The minimum atomic E-state index is -0.927. The molecule has 0 bridgehead atoms. The van der Waals surface area contributed by atoms with Gasteiger partial charge in [-0.05, 0) is 0 Å². The smallest absolute Gasteiger partial charge is 0.334 e. The van der Waals surface area contributed by atoms with Crippen LogP contribution >= 0.6 is 0 Å². The molecule has 0 radical (unpaired) electrons. The number of anilines is 1. The summed E-state index contributed by atoms with van der Waals surface area (Å²) in [6, 6.07) is 0. The van der Waals surface area contributed by atoms with Gasteiger partial charge in [0.2, 0.25) is 5.82 Å². The monoisotopic (exact) mass is 274 g/mol. The van der Waals surface area contributed by atoms with Crippen LogP contribution < -0.4 is 5.32 Å². The molecule has 8 heteroatoms. The Morgan fingerprint density at radius 2 is 2.17 bits per heavy atom. The third-order valence-electron chi connectivity index (χ3n) is 2.46. The van der Waals surface area contributed by atoms with Gasteiger partial charge in [-0.1, -0.05) is 13.8 Å². The molecule has 0 aromatic carbocycles. The zero-order valence-electron chi connectivity index (χ0n) is 11.0. The fourth-order valence-electron chi connectivity index (χ4n) is 1.61. The Morgan fingerprint density at radius 1 is 1.56 bits per heavy atom. The Morgan fingerprint density at radius 3 is 2.61 bits per heavy atom. The summed E-state index contributed by atoms with van der Waals surface area (Å²) >= 11 is 0. The van der Waals surface area contributed by atoms with Gasteiger partial charge in [0, 0.05) is 42.3 Å². The maximum Gasteiger partial charge on any atom is 0.334 e. The van der Waals surface area contributed by atoms with Crippen molar-refractivity contribution in [1.29, 1.82) is 0 Å². The second-order valence-corrected chi connectivity index (χ2v) is 5.88. The van der Waals surface area contributed by atoms with Gasteiger partial charge in [-0.25, -0.2) is 4.68 Å². The van der Waals surface area contributed by atoms with Gasteiger partial charge in [-0.3, -0.25) is 14.3 Å². The zero-order valence-corrected chi connectivity index (χ0v) is 11.8. The second-order valence-electron chi connectivity index (χ2n) is 4.32. The Kier molecular flexibility index (Phi) is 4.83. The van der Waals surface area contributed by atoms with Gasteiger partial charge in [-0.15, -0.1) is 0 Å². The number of rotatable bonds is 6. The number of nitro groups is 1. The first-order valence-corrected chi connectivity index (χ1v) is 7.32. The Hall–Kier alpha value is -1.44. The molecule has 0 aliphatic rings. The Balaban J connectivity index is 3.02. The van der Waals surface area contributed by atoms with Crippen molar-refractivity contribution in [3.8, 4) is 0 Å². The van der Waals surface area contributed by atoms with Gasteiger partial charge >= 0.3 is 5.69 Å². The molecule has 0 saturated carbocycles. The van der Waals surface area contributed by atoms with E-state index in [1.807, 2.05) is 13.8 Å². The highest BCUT2D eigenvalue weighted by Gasteiger charge is 2.28.